The molecule has 0 atom stereocenters. The molecule has 28 heavy (non-hydrogen) atoms. The van der Waals surface area contributed by atoms with Crippen LogP contribution in [0.4, 0.5) is 5.82 Å². The Bertz CT molecular complexity index is 1180. The second-order valence-electron chi connectivity index (χ2n) is 6.76. The SMILES string of the molecule is O=C(c1cccc(Cl)c1)N1CCN(c2ncnc3c2oc2ccccc23)CC1. The first-order valence-corrected chi connectivity index (χ1v) is 9.50. The van der Waals surface area contributed by atoms with Crippen molar-refractivity contribution in [3.8, 4) is 0 Å². The number of furan rings is 1. The lowest BCUT2D eigenvalue weighted by molar-refractivity contribution is 0.0746. The monoisotopic (exact) mass is 392 g/mol. The molecule has 3 heterocycles. The van der Waals surface area contributed by atoms with Crippen molar-refractivity contribution in [2.75, 3.05) is 31.1 Å². The third-order valence-corrected chi connectivity index (χ3v) is 5.31. The average molecular weight is 393 g/mol. The van der Waals surface area contributed by atoms with Crippen LogP contribution in [0.25, 0.3) is 22.1 Å². The van der Waals surface area contributed by atoms with Crippen LogP contribution in [0.2, 0.25) is 5.02 Å². The summed E-state index contributed by atoms with van der Waals surface area (Å²) in [7, 11) is 0. The Morgan fingerprint density at radius 3 is 2.64 bits per heavy atom. The van der Waals surface area contributed by atoms with Gasteiger partial charge in [0.05, 0.1) is 0 Å². The van der Waals surface area contributed by atoms with Gasteiger partial charge in [-0.05, 0) is 30.3 Å². The molecule has 6 nitrogen and oxygen atoms in total. The van der Waals surface area contributed by atoms with Crippen LogP contribution in [0.15, 0.2) is 59.3 Å². The first kappa shape index (κ1) is 17.0. The summed E-state index contributed by atoms with van der Waals surface area (Å²) in [6, 6.07) is 14.9. The molecule has 0 spiro atoms. The Balaban J connectivity index is 1.39. The molecule has 1 amide bonds. The predicted octanol–water partition coefficient (Wildman–Crippen LogP) is 3.99. The topological polar surface area (TPSA) is 62.5 Å². The lowest BCUT2D eigenvalue weighted by Gasteiger charge is -2.35. The van der Waals surface area contributed by atoms with Crippen molar-refractivity contribution in [2.24, 2.45) is 0 Å². The van der Waals surface area contributed by atoms with Gasteiger partial charge >= 0.3 is 0 Å². The highest BCUT2D eigenvalue weighted by Crippen LogP contribution is 2.32. The van der Waals surface area contributed by atoms with Gasteiger partial charge in [0.1, 0.15) is 17.4 Å². The standard InChI is InChI=1S/C21H17ClN4O2/c22-15-5-3-4-14(12-15)21(27)26-10-8-25(9-11-26)20-19-18(23-13-24-20)16-6-1-2-7-17(16)28-19/h1-7,12-13H,8-11H2. The van der Waals surface area contributed by atoms with Gasteiger partial charge in [-0.3, -0.25) is 4.79 Å². The van der Waals surface area contributed by atoms with Crippen molar-refractivity contribution < 1.29 is 9.21 Å². The van der Waals surface area contributed by atoms with Crippen molar-refractivity contribution in [3.05, 3.63) is 65.4 Å². The Morgan fingerprint density at radius 1 is 1.00 bits per heavy atom. The summed E-state index contributed by atoms with van der Waals surface area (Å²) < 4.78 is 6.03. The van der Waals surface area contributed by atoms with Crippen molar-refractivity contribution in [1.29, 1.82) is 0 Å². The number of piperazine rings is 1. The Hall–Kier alpha value is -3.12. The molecule has 1 aliphatic heterocycles. The Labute approximate surface area is 166 Å². The van der Waals surface area contributed by atoms with Gasteiger partial charge in [0, 0.05) is 42.2 Å². The molecule has 0 aliphatic carbocycles. The first-order chi connectivity index (χ1) is 13.7. The smallest absolute Gasteiger partial charge is 0.254 e. The molecule has 4 aromatic rings. The van der Waals surface area contributed by atoms with E-state index >= 15 is 0 Å². The number of fused-ring (bicyclic) bond motifs is 3. The maximum atomic E-state index is 12.7. The first-order valence-electron chi connectivity index (χ1n) is 9.13. The average Bonchev–Trinajstić information content (AvgIpc) is 3.12. The lowest BCUT2D eigenvalue weighted by atomic mass is 10.2. The Morgan fingerprint density at radius 2 is 1.82 bits per heavy atom. The number of halogens is 1. The van der Waals surface area contributed by atoms with Crippen LogP contribution < -0.4 is 4.90 Å². The minimum atomic E-state index is -0.00118. The van der Waals surface area contributed by atoms with E-state index in [-0.39, 0.29) is 5.91 Å². The van der Waals surface area contributed by atoms with Crippen LogP contribution in [0.3, 0.4) is 0 Å². The molecule has 0 unspecified atom stereocenters. The van der Waals surface area contributed by atoms with E-state index in [0.29, 0.717) is 42.3 Å². The van der Waals surface area contributed by atoms with E-state index in [0.717, 1.165) is 22.3 Å². The number of nitrogens with zero attached hydrogens (tertiary/aromatic N) is 4. The van der Waals surface area contributed by atoms with Crippen LogP contribution in [-0.2, 0) is 0 Å². The summed E-state index contributed by atoms with van der Waals surface area (Å²) in [6.07, 6.45) is 1.57. The molecule has 140 valence electrons. The zero-order valence-corrected chi connectivity index (χ0v) is 15.8. The number of hydrogen-bond donors (Lipinski definition) is 0. The summed E-state index contributed by atoms with van der Waals surface area (Å²) in [5.41, 5.74) is 2.92. The number of anilines is 1. The highest BCUT2D eigenvalue weighted by atomic mass is 35.5. The molecule has 7 heteroatoms. The van der Waals surface area contributed by atoms with Crippen molar-refractivity contribution in [1.82, 2.24) is 14.9 Å². The zero-order chi connectivity index (χ0) is 19.1. The molecular formula is C21H17ClN4O2. The highest BCUT2D eigenvalue weighted by molar-refractivity contribution is 6.31. The summed E-state index contributed by atoms with van der Waals surface area (Å²) >= 11 is 6.02. The second-order valence-corrected chi connectivity index (χ2v) is 7.20. The number of para-hydroxylation sites is 1. The number of hydrogen-bond acceptors (Lipinski definition) is 5. The maximum absolute atomic E-state index is 12.7. The summed E-state index contributed by atoms with van der Waals surface area (Å²) in [5, 5.41) is 1.55. The molecule has 1 aliphatic rings. The van der Waals surface area contributed by atoms with Crippen LogP contribution in [0.5, 0.6) is 0 Å². The van der Waals surface area contributed by atoms with Gasteiger partial charge in [-0.2, -0.15) is 0 Å². The summed E-state index contributed by atoms with van der Waals surface area (Å²) in [5.74, 6) is 0.773. The fraction of sp³-hybridized carbons (Fsp3) is 0.190. The van der Waals surface area contributed by atoms with Crippen LogP contribution in [-0.4, -0.2) is 47.0 Å². The fourth-order valence-corrected chi connectivity index (χ4v) is 3.85. The van der Waals surface area contributed by atoms with E-state index in [4.69, 9.17) is 16.0 Å². The molecule has 1 fully saturated rings. The summed E-state index contributed by atoms with van der Waals surface area (Å²) in [6.45, 7) is 2.57. The molecule has 0 N–H and O–H groups in total. The normalized spacial score (nSPS) is 14.8. The minimum Gasteiger partial charge on any atom is -0.450 e. The number of carbonyl (C=O) groups excluding carboxylic acids is 1. The van der Waals surface area contributed by atoms with Gasteiger partial charge in [-0.1, -0.05) is 29.8 Å². The number of benzene rings is 2. The number of amides is 1. The van der Waals surface area contributed by atoms with E-state index in [9.17, 15) is 4.79 Å². The largest absolute Gasteiger partial charge is 0.450 e. The van der Waals surface area contributed by atoms with Crippen molar-refractivity contribution >= 4 is 45.4 Å². The van der Waals surface area contributed by atoms with Crippen LogP contribution in [0.1, 0.15) is 10.4 Å². The lowest BCUT2D eigenvalue weighted by Crippen LogP contribution is -2.49. The predicted molar refractivity (Wildman–Crippen MR) is 109 cm³/mol. The van der Waals surface area contributed by atoms with Crippen LogP contribution in [0, 0.1) is 0 Å². The maximum Gasteiger partial charge on any atom is 0.254 e. The van der Waals surface area contributed by atoms with Gasteiger partial charge in [-0.15, -0.1) is 0 Å². The molecule has 1 saturated heterocycles. The number of carbonyl (C=O) groups is 1. The van der Waals surface area contributed by atoms with E-state index in [1.807, 2.05) is 29.2 Å². The number of rotatable bonds is 2. The molecule has 2 aromatic carbocycles. The van der Waals surface area contributed by atoms with Crippen LogP contribution >= 0.6 is 11.6 Å². The Kier molecular flexibility index (Phi) is 4.13. The van der Waals surface area contributed by atoms with Gasteiger partial charge in [-0.25, -0.2) is 9.97 Å². The van der Waals surface area contributed by atoms with Crippen molar-refractivity contribution in [2.45, 2.75) is 0 Å². The molecule has 5 rings (SSSR count). The van der Waals surface area contributed by atoms with Gasteiger partial charge in [0.25, 0.3) is 5.91 Å². The molecule has 0 bridgehead atoms. The van der Waals surface area contributed by atoms with E-state index in [1.165, 1.54) is 0 Å². The summed E-state index contributed by atoms with van der Waals surface area (Å²) in [4.78, 5) is 25.6. The van der Waals surface area contributed by atoms with Crippen molar-refractivity contribution in [3.63, 3.8) is 0 Å². The van der Waals surface area contributed by atoms with Gasteiger partial charge in [0.2, 0.25) is 0 Å². The minimum absolute atomic E-state index is 0.00118. The van der Waals surface area contributed by atoms with Gasteiger partial charge < -0.3 is 14.2 Å². The molecular weight excluding hydrogens is 376 g/mol. The third kappa shape index (κ3) is 2.86. The fourth-order valence-electron chi connectivity index (χ4n) is 3.66. The molecule has 2 aromatic heterocycles. The van der Waals surface area contributed by atoms with Gasteiger partial charge in [0.15, 0.2) is 11.4 Å². The van der Waals surface area contributed by atoms with E-state index in [1.54, 1.807) is 30.6 Å². The second kappa shape index (κ2) is 6.80. The highest BCUT2D eigenvalue weighted by Gasteiger charge is 2.25. The number of aromatic nitrogens is 2. The quantitative estimate of drug-likeness (QED) is 0.516. The van der Waals surface area contributed by atoms with E-state index < -0.39 is 0 Å². The zero-order valence-electron chi connectivity index (χ0n) is 15.0. The molecule has 0 radical (unpaired) electrons. The van der Waals surface area contributed by atoms with E-state index in [2.05, 4.69) is 14.9 Å². The molecule has 0 saturated carbocycles. The third-order valence-electron chi connectivity index (χ3n) is 5.08.